The lowest BCUT2D eigenvalue weighted by atomic mass is 9.99. The average molecular weight is 309 g/mol. The summed E-state index contributed by atoms with van der Waals surface area (Å²) < 4.78 is 10.3. The summed E-state index contributed by atoms with van der Waals surface area (Å²) in [5.41, 5.74) is 5.12. The molecule has 0 aliphatic carbocycles. The Balaban J connectivity index is 2.53. The van der Waals surface area contributed by atoms with Gasteiger partial charge in [0.15, 0.2) is 0 Å². The zero-order valence-electron chi connectivity index (χ0n) is 12.1. The third-order valence-electron chi connectivity index (χ3n) is 3.21. The first-order valence-electron chi connectivity index (χ1n) is 6.28. The van der Waals surface area contributed by atoms with Crippen LogP contribution >= 0.6 is 11.6 Å². The number of hydrogen-bond donors (Lipinski definition) is 2. The van der Waals surface area contributed by atoms with Crippen molar-refractivity contribution in [3.63, 3.8) is 0 Å². The zero-order valence-corrected chi connectivity index (χ0v) is 12.8. The SMILES string of the molecule is COc1cnc(C(NN)c2cccc(Cl)c2C)c(OC)n1. The zero-order chi connectivity index (χ0) is 15.4. The van der Waals surface area contributed by atoms with Gasteiger partial charge in [0.1, 0.15) is 5.69 Å². The molecule has 0 aliphatic heterocycles. The lowest BCUT2D eigenvalue weighted by molar-refractivity contribution is 0.352. The summed E-state index contributed by atoms with van der Waals surface area (Å²) in [5.74, 6) is 6.42. The van der Waals surface area contributed by atoms with E-state index < -0.39 is 6.04 Å². The van der Waals surface area contributed by atoms with E-state index >= 15 is 0 Å². The molecule has 3 N–H and O–H groups in total. The van der Waals surface area contributed by atoms with Crippen LogP contribution in [0.1, 0.15) is 22.9 Å². The number of ether oxygens (including phenoxy) is 2. The number of methoxy groups -OCH3 is 2. The number of halogens is 1. The summed E-state index contributed by atoms with van der Waals surface area (Å²) >= 11 is 6.17. The molecule has 0 bridgehead atoms. The van der Waals surface area contributed by atoms with Crippen LogP contribution in [0.25, 0.3) is 0 Å². The average Bonchev–Trinajstić information content (AvgIpc) is 2.52. The van der Waals surface area contributed by atoms with Gasteiger partial charge < -0.3 is 9.47 Å². The van der Waals surface area contributed by atoms with Crippen molar-refractivity contribution in [3.05, 3.63) is 46.2 Å². The third-order valence-corrected chi connectivity index (χ3v) is 3.62. The second-order valence-corrected chi connectivity index (χ2v) is 4.77. The van der Waals surface area contributed by atoms with Crippen molar-refractivity contribution in [1.29, 1.82) is 0 Å². The quantitative estimate of drug-likeness (QED) is 0.649. The smallest absolute Gasteiger partial charge is 0.240 e. The lowest BCUT2D eigenvalue weighted by Gasteiger charge is -2.20. The topological polar surface area (TPSA) is 82.3 Å². The molecular formula is C14H17ClN4O2. The van der Waals surface area contributed by atoms with E-state index in [9.17, 15) is 0 Å². The van der Waals surface area contributed by atoms with E-state index in [1.807, 2.05) is 25.1 Å². The van der Waals surface area contributed by atoms with Gasteiger partial charge in [0, 0.05) is 5.02 Å². The van der Waals surface area contributed by atoms with Gasteiger partial charge >= 0.3 is 0 Å². The van der Waals surface area contributed by atoms with Crippen LogP contribution in [0.2, 0.25) is 5.02 Å². The van der Waals surface area contributed by atoms with Crippen LogP contribution in [-0.4, -0.2) is 24.2 Å². The number of nitrogens with zero attached hydrogens (tertiary/aromatic N) is 2. The molecular weight excluding hydrogens is 292 g/mol. The van der Waals surface area contributed by atoms with Crippen molar-refractivity contribution < 1.29 is 9.47 Å². The number of rotatable bonds is 5. The molecule has 1 aromatic heterocycles. The summed E-state index contributed by atoms with van der Waals surface area (Å²) in [6.45, 7) is 1.92. The fraction of sp³-hybridized carbons (Fsp3) is 0.286. The van der Waals surface area contributed by atoms with Gasteiger partial charge in [0.25, 0.3) is 0 Å². The Kier molecular flexibility index (Phi) is 4.95. The Hall–Kier alpha value is -1.89. The molecule has 0 radical (unpaired) electrons. The standard InChI is InChI=1S/C14H17ClN4O2/c1-8-9(5-4-6-10(8)15)12(19-16)13-14(21-3)18-11(20-2)7-17-13/h4-7,12,19H,16H2,1-3H3. The number of nitrogens with one attached hydrogen (secondary N) is 1. The van der Waals surface area contributed by atoms with E-state index in [-0.39, 0.29) is 0 Å². The highest BCUT2D eigenvalue weighted by Crippen LogP contribution is 2.31. The largest absolute Gasteiger partial charge is 0.480 e. The predicted molar refractivity (Wildman–Crippen MR) is 80.5 cm³/mol. The van der Waals surface area contributed by atoms with Crippen LogP contribution in [0.4, 0.5) is 0 Å². The summed E-state index contributed by atoms with van der Waals surface area (Å²) in [6.07, 6.45) is 1.52. The third kappa shape index (κ3) is 3.07. The first kappa shape index (κ1) is 15.5. The van der Waals surface area contributed by atoms with Gasteiger partial charge in [-0.15, -0.1) is 0 Å². The molecule has 0 spiro atoms. The number of hydrazine groups is 1. The molecule has 1 atom stereocenters. The first-order valence-corrected chi connectivity index (χ1v) is 6.66. The molecule has 6 nitrogen and oxygen atoms in total. The molecule has 1 unspecified atom stereocenters. The van der Waals surface area contributed by atoms with E-state index in [1.165, 1.54) is 20.4 Å². The lowest BCUT2D eigenvalue weighted by Crippen LogP contribution is -2.30. The Morgan fingerprint density at radius 2 is 2.05 bits per heavy atom. The molecule has 21 heavy (non-hydrogen) atoms. The van der Waals surface area contributed by atoms with E-state index in [0.717, 1.165) is 11.1 Å². The Morgan fingerprint density at radius 3 is 2.67 bits per heavy atom. The van der Waals surface area contributed by atoms with E-state index in [0.29, 0.717) is 22.5 Å². The minimum atomic E-state index is -0.392. The van der Waals surface area contributed by atoms with Crippen LogP contribution in [0, 0.1) is 6.92 Å². The highest BCUT2D eigenvalue weighted by Gasteiger charge is 2.22. The summed E-state index contributed by atoms with van der Waals surface area (Å²) in [4.78, 5) is 8.56. The molecule has 2 rings (SSSR count). The highest BCUT2D eigenvalue weighted by molar-refractivity contribution is 6.31. The Bertz CT molecular complexity index is 636. The maximum atomic E-state index is 6.17. The second kappa shape index (κ2) is 6.71. The molecule has 1 aromatic carbocycles. The van der Waals surface area contributed by atoms with E-state index in [2.05, 4.69) is 15.4 Å². The molecule has 0 fully saturated rings. The molecule has 0 saturated carbocycles. The van der Waals surface area contributed by atoms with Gasteiger partial charge in [0.2, 0.25) is 11.8 Å². The van der Waals surface area contributed by atoms with Crippen LogP contribution in [0.5, 0.6) is 11.8 Å². The van der Waals surface area contributed by atoms with E-state index in [4.69, 9.17) is 26.9 Å². The molecule has 7 heteroatoms. The van der Waals surface area contributed by atoms with Crippen molar-refractivity contribution in [2.45, 2.75) is 13.0 Å². The minimum absolute atomic E-state index is 0.344. The van der Waals surface area contributed by atoms with Crippen molar-refractivity contribution in [3.8, 4) is 11.8 Å². The van der Waals surface area contributed by atoms with Gasteiger partial charge in [0.05, 0.1) is 26.5 Å². The van der Waals surface area contributed by atoms with Crippen molar-refractivity contribution in [1.82, 2.24) is 15.4 Å². The van der Waals surface area contributed by atoms with Gasteiger partial charge in [-0.2, -0.15) is 4.98 Å². The fourth-order valence-electron chi connectivity index (χ4n) is 2.07. The number of aromatic nitrogens is 2. The normalized spacial score (nSPS) is 12.0. The molecule has 0 aliphatic rings. The van der Waals surface area contributed by atoms with Gasteiger partial charge in [-0.1, -0.05) is 23.7 Å². The highest BCUT2D eigenvalue weighted by atomic mass is 35.5. The van der Waals surface area contributed by atoms with Crippen LogP contribution in [0.15, 0.2) is 24.4 Å². The van der Waals surface area contributed by atoms with Crippen LogP contribution in [-0.2, 0) is 0 Å². The van der Waals surface area contributed by atoms with Crippen LogP contribution < -0.4 is 20.7 Å². The predicted octanol–water partition coefficient (Wildman–Crippen LogP) is 2.01. The van der Waals surface area contributed by atoms with Crippen LogP contribution in [0.3, 0.4) is 0 Å². The second-order valence-electron chi connectivity index (χ2n) is 4.36. The van der Waals surface area contributed by atoms with E-state index in [1.54, 1.807) is 0 Å². The van der Waals surface area contributed by atoms with Crippen molar-refractivity contribution >= 4 is 11.6 Å². The van der Waals surface area contributed by atoms with Gasteiger partial charge in [-0.05, 0) is 24.1 Å². The van der Waals surface area contributed by atoms with Gasteiger partial charge in [-0.3, -0.25) is 5.84 Å². The molecule has 112 valence electrons. The summed E-state index contributed by atoms with van der Waals surface area (Å²) in [5, 5.41) is 0.660. The summed E-state index contributed by atoms with van der Waals surface area (Å²) in [6, 6.07) is 5.22. The number of hydrogen-bond acceptors (Lipinski definition) is 6. The maximum Gasteiger partial charge on any atom is 0.240 e. The van der Waals surface area contributed by atoms with Crippen molar-refractivity contribution in [2.75, 3.05) is 14.2 Å². The molecule has 0 amide bonds. The fourth-order valence-corrected chi connectivity index (χ4v) is 2.25. The first-order chi connectivity index (χ1) is 10.1. The Labute approximate surface area is 128 Å². The molecule has 0 saturated heterocycles. The molecule has 1 heterocycles. The minimum Gasteiger partial charge on any atom is -0.480 e. The molecule has 2 aromatic rings. The summed E-state index contributed by atoms with van der Waals surface area (Å²) in [7, 11) is 3.04. The van der Waals surface area contributed by atoms with Gasteiger partial charge in [-0.25, -0.2) is 10.4 Å². The monoisotopic (exact) mass is 308 g/mol. The Morgan fingerprint density at radius 1 is 1.29 bits per heavy atom. The number of benzene rings is 1. The number of nitrogens with two attached hydrogens (primary N) is 1. The van der Waals surface area contributed by atoms with Crippen molar-refractivity contribution in [2.24, 2.45) is 5.84 Å². The maximum absolute atomic E-state index is 6.17.